The van der Waals surface area contributed by atoms with Crippen LogP contribution in [0.25, 0.3) is 64.0 Å². The first-order valence-corrected chi connectivity index (χ1v) is 16.5. The Balaban J connectivity index is 1.23. The first-order valence-electron chi connectivity index (χ1n) is 15.7. The lowest BCUT2D eigenvalue weighted by molar-refractivity contribution is 1.30. The van der Waals surface area contributed by atoms with Gasteiger partial charge in [0, 0.05) is 36.9 Å². The molecule has 216 valence electrons. The van der Waals surface area contributed by atoms with Crippen molar-refractivity contribution in [2.75, 3.05) is 4.90 Å². The second kappa shape index (κ2) is 11.0. The Kier molecular flexibility index (Phi) is 6.40. The molecule has 9 rings (SSSR count). The SMILES string of the molecule is c1ccc(-c2ccc(N(c3ccc(-c4ccc5ccccc5c4)cc3)c3cc4sc5ccccc5c4c4ccccc34)cc2)cc1. The molecule has 1 nitrogen and oxygen atoms in total. The summed E-state index contributed by atoms with van der Waals surface area (Å²) in [6.07, 6.45) is 0. The molecule has 0 saturated carbocycles. The molecular weight excluding hydrogens is 575 g/mol. The summed E-state index contributed by atoms with van der Waals surface area (Å²) in [5.41, 5.74) is 8.30. The standard InChI is InChI=1S/C44H29NS/c1-2-10-30(11-3-1)32-20-24-36(25-21-32)45(37-26-22-33(23-27-37)35-19-18-31-12-4-5-13-34(31)28-35)41-29-43-44(39-15-7-6-14-38(39)41)40-16-8-9-17-42(40)46-43/h1-29H. The molecule has 46 heavy (non-hydrogen) atoms. The number of fused-ring (bicyclic) bond motifs is 6. The van der Waals surface area contributed by atoms with E-state index in [1.165, 1.54) is 69.7 Å². The minimum absolute atomic E-state index is 1.13. The molecule has 2 heteroatoms. The normalized spacial score (nSPS) is 11.5. The Morgan fingerprint density at radius 1 is 0.348 bits per heavy atom. The fraction of sp³-hybridized carbons (Fsp3) is 0. The fourth-order valence-electron chi connectivity index (χ4n) is 6.79. The van der Waals surface area contributed by atoms with Crippen LogP contribution in [0.15, 0.2) is 176 Å². The Morgan fingerprint density at radius 3 is 1.63 bits per heavy atom. The number of rotatable bonds is 5. The molecule has 0 N–H and O–H groups in total. The number of benzene rings is 8. The Labute approximate surface area is 272 Å². The average Bonchev–Trinajstić information content (AvgIpc) is 3.51. The summed E-state index contributed by atoms with van der Waals surface area (Å²) < 4.78 is 2.62. The van der Waals surface area contributed by atoms with Crippen molar-refractivity contribution in [1.82, 2.24) is 0 Å². The highest BCUT2D eigenvalue weighted by atomic mass is 32.1. The number of thiophene rings is 1. The Hall–Kier alpha value is -5.70. The lowest BCUT2D eigenvalue weighted by Crippen LogP contribution is -2.10. The van der Waals surface area contributed by atoms with Crippen molar-refractivity contribution in [2.24, 2.45) is 0 Å². The largest absolute Gasteiger partial charge is 0.310 e. The van der Waals surface area contributed by atoms with E-state index in [-0.39, 0.29) is 0 Å². The molecule has 9 aromatic rings. The van der Waals surface area contributed by atoms with E-state index in [9.17, 15) is 0 Å². The molecule has 1 heterocycles. The van der Waals surface area contributed by atoms with E-state index in [1.54, 1.807) is 0 Å². The van der Waals surface area contributed by atoms with E-state index in [0.29, 0.717) is 0 Å². The maximum atomic E-state index is 2.42. The summed E-state index contributed by atoms with van der Waals surface area (Å²) in [5.74, 6) is 0. The van der Waals surface area contributed by atoms with Crippen molar-refractivity contribution >= 4 is 70.1 Å². The molecule has 0 saturated heterocycles. The van der Waals surface area contributed by atoms with Gasteiger partial charge >= 0.3 is 0 Å². The van der Waals surface area contributed by atoms with Gasteiger partial charge in [-0.05, 0) is 80.9 Å². The van der Waals surface area contributed by atoms with Crippen LogP contribution < -0.4 is 4.90 Å². The van der Waals surface area contributed by atoms with Crippen molar-refractivity contribution in [3.63, 3.8) is 0 Å². The van der Waals surface area contributed by atoms with Crippen molar-refractivity contribution in [3.05, 3.63) is 176 Å². The zero-order chi connectivity index (χ0) is 30.5. The van der Waals surface area contributed by atoms with Crippen LogP contribution in [0.2, 0.25) is 0 Å². The van der Waals surface area contributed by atoms with Gasteiger partial charge in [0.1, 0.15) is 0 Å². The van der Waals surface area contributed by atoms with E-state index < -0.39 is 0 Å². The summed E-state index contributed by atoms with van der Waals surface area (Å²) in [6, 6.07) is 63.9. The van der Waals surface area contributed by atoms with E-state index in [1.807, 2.05) is 11.3 Å². The minimum Gasteiger partial charge on any atom is -0.310 e. The quantitative estimate of drug-likeness (QED) is 0.189. The van der Waals surface area contributed by atoms with Crippen LogP contribution in [0.3, 0.4) is 0 Å². The summed E-state index contributed by atoms with van der Waals surface area (Å²) in [4.78, 5) is 2.42. The topological polar surface area (TPSA) is 3.24 Å². The van der Waals surface area contributed by atoms with E-state index >= 15 is 0 Å². The van der Waals surface area contributed by atoms with E-state index in [2.05, 4.69) is 181 Å². The third-order valence-electron chi connectivity index (χ3n) is 9.04. The van der Waals surface area contributed by atoms with Crippen LogP contribution in [0.5, 0.6) is 0 Å². The summed E-state index contributed by atoms with van der Waals surface area (Å²) in [7, 11) is 0. The van der Waals surface area contributed by atoms with Crippen molar-refractivity contribution in [3.8, 4) is 22.3 Å². The molecule has 0 atom stereocenters. The molecule has 1 aromatic heterocycles. The number of hydrogen-bond donors (Lipinski definition) is 0. The van der Waals surface area contributed by atoms with Crippen LogP contribution in [0.4, 0.5) is 17.1 Å². The van der Waals surface area contributed by atoms with Gasteiger partial charge in [-0.25, -0.2) is 0 Å². The maximum absolute atomic E-state index is 2.42. The molecule has 0 spiro atoms. The lowest BCUT2D eigenvalue weighted by Gasteiger charge is -2.27. The molecule has 0 aliphatic heterocycles. The predicted molar refractivity (Wildman–Crippen MR) is 200 cm³/mol. The van der Waals surface area contributed by atoms with Gasteiger partial charge in [-0.3, -0.25) is 0 Å². The van der Waals surface area contributed by atoms with Gasteiger partial charge in [-0.15, -0.1) is 11.3 Å². The molecule has 0 amide bonds. The van der Waals surface area contributed by atoms with Crippen molar-refractivity contribution in [1.29, 1.82) is 0 Å². The number of anilines is 3. The van der Waals surface area contributed by atoms with Crippen LogP contribution >= 0.6 is 11.3 Å². The summed E-state index contributed by atoms with van der Waals surface area (Å²) in [5, 5.41) is 7.70. The van der Waals surface area contributed by atoms with Gasteiger partial charge in [0.05, 0.1) is 5.69 Å². The third kappa shape index (κ3) is 4.54. The molecule has 0 aliphatic rings. The van der Waals surface area contributed by atoms with Crippen molar-refractivity contribution in [2.45, 2.75) is 0 Å². The van der Waals surface area contributed by atoms with E-state index in [4.69, 9.17) is 0 Å². The maximum Gasteiger partial charge on any atom is 0.0554 e. The molecule has 0 radical (unpaired) electrons. The molecule has 0 bridgehead atoms. The van der Waals surface area contributed by atoms with Crippen molar-refractivity contribution < 1.29 is 0 Å². The molecule has 0 fully saturated rings. The first-order chi connectivity index (χ1) is 22.8. The van der Waals surface area contributed by atoms with Gasteiger partial charge in [0.15, 0.2) is 0 Å². The third-order valence-corrected chi connectivity index (χ3v) is 10.2. The molecule has 8 aromatic carbocycles. The van der Waals surface area contributed by atoms with Crippen LogP contribution in [0.1, 0.15) is 0 Å². The van der Waals surface area contributed by atoms with Crippen LogP contribution in [-0.2, 0) is 0 Å². The first kappa shape index (κ1) is 26.7. The fourth-order valence-corrected chi connectivity index (χ4v) is 7.94. The lowest BCUT2D eigenvalue weighted by atomic mass is 9.99. The summed E-state index contributed by atoms with van der Waals surface area (Å²) >= 11 is 1.87. The van der Waals surface area contributed by atoms with Crippen LogP contribution in [-0.4, -0.2) is 0 Å². The van der Waals surface area contributed by atoms with E-state index in [0.717, 1.165) is 11.4 Å². The Bertz CT molecular complexity index is 2510. The average molecular weight is 604 g/mol. The van der Waals surface area contributed by atoms with Gasteiger partial charge in [0.25, 0.3) is 0 Å². The Morgan fingerprint density at radius 2 is 0.891 bits per heavy atom. The zero-order valence-corrected chi connectivity index (χ0v) is 25.9. The second-order valence-electron chi connectivity index (χ2n) is 11.8. The molecule has 0 aliphatic carbocycles. The highest BCUT2D eigenvalue weighted by Crippen LogP contribution is 2.46. The predicted octanol–water partition coefficient (Wildman–Crippen LogP) is 13.2. The molecular formula is C44H29NS. The molecule has 0 unspecified atom stereocenters. The highest BCUT2D eigenvalue weighted by Gasteiger charge is 2.19. The second-order valence-corrected chi connectivity index (χ2v) is 12.9. The minimum atomic E-state index is 1.13. The summed E-state index contributed by atoms with van der Waals surface area (Å²) in [6.45, 7) is 0. The van der Waals surface area contributed by atoms with Gasteiger partial charge < -0.3 is 4.90 Å². The van der Waals surface area contributed by atoms with Gasteiger partial charge in [-0.2, -0.15) is 0 Å². The zero-order valence-electron chi connectivity index (χ0n) is 25.1. The monoisotopic (exact) mass is 603 g/mol. The highest BCUT2D eigenvalue weighted by molar-refractivity contribution is 7.26. The number of nitrogens with zero attached hydrogens (tertiary/aromatic N) is 1. The van der Waals surface area contributed by atoms with Crippen LogP contribution in [0, 0.1) is 0 Å². The van der Waals surface area contributed by atoms with Gasteiger partial charge in [-0.1, -0.05) is 133 Å². The smallest absolute Gasteiger partial charge is 0.0554 e. The number of hydrogen-bond acceptors (Lipinski definition) is 2. The van der Waals surface area contributed by atoms with Gasteiger partial charge in [0.2, 0.25) is 0 Å².